The highest BCUT2D eigenvalue weighted by Crippen LogP contribution is 2.17. The van der Waals surface area contributed by atoms with Gasteiger partial charge in [0.2, 0.25) is 5.91 Å². The van der Waals surface area contributed by atoms with E-state index in [1.54, 1.807) is 6.07 Å². The number of hydrogen-bond acceptors (Lipinski definition) is 2. The molecule has 0 saturated carbocycles. The quantitative estimate of drug-likeness (QED) is 0.760. The van der Waals surface area contributed by atoms with Gasteiger partial charge in [-0.3, -0.25) is 4.79 Å². The van der Waals surface area contributed by atoms with Crippen LogP contribution in [-0.4, -0.2) is 11.9 Å². The molecule has 0 aromatic heterocycles. The summed E-state index contributed by atoms with van der Waals surface area (Å²) < 4.78 is 0. The molecule has 0 aliphatic rings. The minimum atomic E-state index is -0.669. The van der Waals surface area contributed by atoms with Crippen molar-refractivity contribution in [3.05, 3.63) is 70.7 Å². The molecule has 1 unspecified atom stereocenters. The Bertz CT molecular complexity index is 677. The van der Waals surface area contributed by atoms with Crippen molar-refractivity contribution < 1.29 is 9.59 Å². The van der Waals surface area contributed by atoms with Gasteiger partial charge >= 0.3 is 6.03 Å². The van der Waals surface area contributed by atoms with Crippen molar-refractivity contribution in [2.45, 2.75) is 19.0 Å². The van der Waals surface area contributed by atoms with Gasteiger partial charge in [-0.2, -0.15) is 0 Å². The third kappa shape index (κ3) is 5.30. The standard InChI is InChI=1S/C17H18ClN3O2/c18-14-9-5-4-8-13(14)11-20-16(22)10-15(21-17(19)23)12-6-2-1-3-7-12/h1-9,15H,10-11H2,(H,20,22)(H3,19,21,23). The lowest BCUT2D eigenvalue weighted by Crippen LogP contribution is -2.36. The molecular formula is C17H18ClN3O2. The lowest BCUT2D eigenvalue weighted by atomic mass is 10.0. The fourth-order valence-electron chi connectivity index (χ4n) is 2.20. The Hall–Kier alpha value is -2.53. The third-order valence-corrected chi connectivity index (χ3v) is 3.71. The molecular weight excluding hydrogens is 314 g/mol. The van der Waals surface area contributed by atoms with E-state index in [0.717, 1.165) is 11.1 Å². The zero-order chi connectivity index (χ0) is 16.7. The summed E-state index contributed by atoms with van der Waals surface area (Å²) in [7, 11) is 0. The Morgan fingerprint density at radius 1 is 1.04 bits per heavy atom. The van der Waals surface area contributed by atoms with Crippen molar-refractivity contribution in [3.8, 4) is 0 Å². The summed E-state index contributed by atoms with van der Waals surface area (Å²) in [5.41, 5.74) is 6.85. The topological polar surface area (TPSA) is 84.2 Å². The first-order valence-electron chi connectivity index (χ1n) is 7.17. The molecule has 2 aromatic carbocycles. The molecule has 0 fully saturated rings. The summed E-state index contributed by atoms with van der Waals surface area (Å²) in [5, 5.41) is 5.99. The van der Waals surface area contributed by atoms with E-state index in [1.165, 1.54) is 0 Å². The SMILES string of the molecule is NC(=O)NC(CC(=O)NCc1ccccc1Cl)c1ccccc1. The molecule has 0 radical (unpaired) electrons. The molecule has 1 atom stereocenters. The number of nitrogens with one attached hydrogen (secondary N) is 2. The molecule has 2 aromatic rings. The van der Waals surface area contributed by atoms with Crippen LogP contribution in [-0.2, 0) is 11.3 Å². The maximum Gasteiger partial charge on any atom is 0.312 e. The molecule has 23 heavy (non-hydrogen) atoms. The van der Waals surface area contributed by atoms with Gasteiger partial charge in [0.25, 0.3) is 0 Å². The highest BCUT2D eigenvalue weighted by atomic mass is 35.5. The second-order valence-electron chi connectivity index (χ2n) is 5.04. The summed E-state index contributed by atoms with van der Waals surface area (Å²) in [4.78, 5) is 23.3. The van der Waals surface area contributed by atoms with Crippen LogP contribution in [0.4, 0.5) is 4.79 Å². The monoisotopic (exact) mass is 331 g/mol. The fraction of sp³-hybridized carbons (Fsp3) is 0.176. The van der Waals surface area contributed by atoms with Gasteiger partial charge in [0.05, 0.1) is 12.5 Å². The van der Waals surface area contributed by atoms with Gasteiger partial charge in [-0.1, -0.05) is 60.1 Å². The van der Waals surface area contributed by atoms with Gasteiger partial charge in [0.15, 0.2) is 0 Å². The number of carbonyl (C=O) groups excluding carboxylic acids is 2. The molecule has 4 N–H and O–H groups in total. The molecule has 0 aliphatic heterocycles. The minimum Gasteiger partial charge on any atom is -0.352 e. The molecule has 0 heterocycles. The molecule has 0 aliphatic carbocycles. The molecule has 2 rings (SSSR count). The van der Waals surface area contributed by atoms with Crippen molar-refractivity contribution in [2.24, 2.45) is 5.73 Å². The Labute approximate surface area is 139 Å². The Morgan fingerprint density at radius 3 is 2.35 bits per heavy atom. The number of halogens is 1. The molecule has 3 amide bonds. The first-order chi connectivity index (χ1) is 11.1. The van der Waals surface area contributed by atoms with E-state index < -0.39 is 12.1 Å². The van der Waals surface area contributed by atoms with E-state index in [4.69, 9.17) is 17.3 Å². The van der Waals surface area contributed by atoms with Crippen LogP contribution in [0.3, 0.4) is 0 Å². The summed E-state index contributed by atoms with van der Waals surface area (Å²) in [6, 6.07) is 15.4. The summed E-state index contributed by atoms with van der Waals surface area (Å²) >= 11 is 6.05. The van der Waals surface area contributed by atoms with E-state index in [0.29, 0.717) is 11.6 Å². The van der Waals surface area contributed by atoms with Crippen molar-refractivity contribution in [1.82, 2.24) is 10.6 Å². The van der Waals surface area contributed by atoms with Crippen LogP contribution < -0.4 is 16.4 Å². The number of carbonyl (C=O) groups is 2. The van der Waals surface area contributed by atoms with Gasteiger partial charge in [-0.15, -0.1) is 0 Å². The van der Waals surface area contributed by atoms with E-state index in [9.17, 15) is 9.59 Å². The van der Waals surface area contributed by atoms with Gasteiger partial charge in [0.1, 0.15) is 0 Å². The van der Waals surface area contributed by atoms with E-state index in [-0.39, 0.29) is 12.3 Å². The maximum atomic E-state index is 12.1. The lowest BCUT2D eigenvalue weighted by Gasteiger charge is -2.18. The third-order valence-electron chi connectivity index (χ3n) is 3.34. The zero-order valence-corrected chi connectivity index (χ0v) is 13.2. The van der Waals surface area contributed by atoms with Crippen LogP contribution in [0.25, 0.3) is 0 Å². The van der Waals surface area contributed by atoms with E-state index in [2.05, 4.69) is 10.6 Å². The van der Waals surface area contributed by atoms with Crippen LogP contribution in [0, 0.1) is 0 Å². The lowest BCUT2D eigenvalue weighted by molar-refractivity contribution is -0.121. The van der Waals surface area contributed by atoms with Crippen LogP contribution in [0.5, 0.6) is 0 Å². The number of primary amides is 1. The Kier molecular flexibility index (Phi) is 6.00. The number of rotatable bonds is 6. The van der Waals surface area contributed by atoms with Gasteiger partial charge in [-0.25, -0.2) is 4.79 Å². The predicted octanol–water partition coefficient (Wildman–Crippen LogP) is 2.76. The van der Waals surface area contributed by atoms with Crippen molar-refractivity contribution >= 4 is 23.5 Å². The Balaban J connectivity index is 1.98. The largest absolute Gasteiger partial charge is 0.352 e. The van der Waals surface area contributed by atoms with Crippen LogP contribution in [0.15, 0.2) is 54.6 Å². The molecule has 120 valence electrons. The van der Waals surface area contributed by atoms with Crippen molar-refractivity contribution in [3.63, 3.8) is 0 Å². The summed E-state index contributed by atoms with van der Waals surface area (Å²) in [6.07, 6.45) is 0.0946. The maximum absolute atomic E-state index is 12.1. The van der Waals surface area contributed by atoms with Crippen molar-refractivity contribution in [1.29, 1.82) is 0 Å². The first-order valence-corrected chi connectivity index (χ1v) is 7.55. The van der Waals surface area contributed by atoms with Gasteiger partial charge in [-0.05, 0) is 17.2 Å². The van der Waals surface area contributed by atoms with Gasteiger partial charge in [0, 0.05) is 11.6 Å². The zero-order valence-electron chi connectivity index (χ0n) is 12.5. The molecule has 0 bridgehead atoms. The summed E-state index contributed by atoms with van der Waals surface area (Å²) in [6.45, 7) is 0.330. The van der Waals surface area contributed by atoms with Crippen molar-refractivity contribution in [2.75, 3.05) is 0 Å². The number of urea groups is 1. The second kappa shape index (κ2) is 8.19. The number of amides is 3. The van der Waals surface area contributed by atoms with Crippen LogP contribution in [0.1, 0.15) is 23.6 Å². The predicted molar refractivity (Wildman–Crippen MR) is 89.8 cm³/mol. The molecule has 6 heteroatoms. The highest BCUT2D eigenvalue weighted by molar-refractivity contribution is 6.31. The van der Waals surface area contributed by atoms with Gasteiger partial charge < -0.3 is 16.4 Å². The molecule has 0 spiro atoms. The Morgan fingerprint density at radius 2 is 1.70 bits per heavy atom. The number of hydrogen-bond donors (Lipinski definition) is 3. The average molecular weight is 332 g/mol. The summed E-state index contributed by atoms with van der Waals surface area (Å²) in [5.74, 6) is -0.201. The number of benzene rings is 2. The minimum absolute atomic E-state index is 0.0946. The van der Waals surface area contributed by atoms with E-state index in [1.807, 2.05) is 48.5 Å². The fourth-order valence-corrected chi connectivity index (χ4v) is 2.40. The normalized spacial score (nSPS) is 11.5. The molecule has 0 saturated heterocycles. The first kappa shape index (κ1) is 16.8. The second-order valence-corrected chi connectivity index (χ2v) is 5.45. The van der Waals surface area contributed by atoms with Crippen LogP contribution in [0.2, 0.25) is 5.02 Å². The average Bonchev–Trinajstić information content (AvgIpc) is 2.54. The van der Waals surface area contributed by atoms with E-state index >= 15 is 0 Å². The highest BCUT2D eigenvalue weighted by Gasteiger charge is 2.17. The molecule has 5 nitrogen and oxygen atoms in total. The van der Waals surface area contributed by atoms with Crippen LogP contribution >= 0.6 is 11.6 Å². The smallest absolute Gasteiger partial charge is 0.312 e. The number of nitrogens with two attached hydrogens (primary N) is 1.